The highest BCUT2D eigenvalue weighted by molar-refractivity contribution is 5.98. The third-order valence-corrected chi connectivity index (χ3v) is 6.09. The lowest BCUT2D eigenvalue weighted by molar-refractivity contribution is 0.0186. The first-order valence-corrected chi connectivity index (χ1v) is 12.1. The Bertz CT molecular complexity index is 1350. The van der Waals surface area contributed by atoms with Crippen LogP contribution in [0.15, 0.2) is 60.9 Å². The highest BCUT2D eigenvalue weighted by Gasteiger charge is 2.30. The van der Waals surface area contributed by atoms with Crippen molar-refractivity contribution in [2.75, 3.05) is 18.8 Å². The number of nitrogens with zero attached hydrogens (tertiary/aromatic N) is 5. The van der Waals surface area contributed by atoms with Gasteiger partial charge >= 0.3 is 6.09 Å². The molecule has 1 saturated heterocycles. The van der Waals surface area contributed by atoms with Crippen LogP contribution in [-0.4, -0.2) is 49.4 Å². The predicted molar refractivity (Wildman–Crippen MR) is 138 cm³/mol. The second-order valence-corrected chi connectivity index (χ2v) is 9.89. The number of hydrogen-bond donors (Lipinski definition) is 1. The number of fused-ring (bicyclic) bond motifs is 1. The maximum absolute atomic E-state index is 12.5. The Morgan fingerprint density at radius 2 is 1.64 bits per heavy atom. The molecule has 9 heteroatoms. The molecule has 5 rings (SSSR count). The number of ether oxygens (including phenoxy) is 2. The van der Waals surface area contributed by atoms with E-state index in [1.807, 2.05) is 80.1 Å². The van der Waals surface area contributed by atoms with Gasteiger partial charge in [-0.1, -0.05) is 18.2 Å². The molecule has 1 amide bonds. The van der Waals surface area contributed by atoms with Crippen LogP contribution in [0.5, 0.6) is 11.5 Å². The van der Waals surface area contributed by atoms with Crippen LogP contribution in [0, 0.1) is 0 Å². The van der Waals surface area contributed by atoms with E-state index < -0.39 is 5.60 Å². The van der Waals surface area contributed by atoms with Gasteiger partial charge in [-0.15, -0.1) is 0 Å². The molecule has 2 N–H and O–H groups in total. The topological polar surface area (TPSA) is 108 Å². The van der Waals surface area contributed by atoms with Gasteiger partial charge < -0.3 is 20.1 Å². The molecule has 1 fully saturated rings. The third kappa shape index (κ3) is 4.95. The van der Waals surface area contributed by atoms with Crippen molar-refractivity contribution in [3.8, 4) is 22.8 Å². The molecule has 1 aliphatic rings. The number of carbonyl (C=O) groups excluding carboxylic acids is 1. The summed E-state index contributed by atoms with van der Waals surface area (Å²) in [5.41, 5.74) is 8.09. The van der Waals surface area contributed by atoms with E-state index in [1.54, 1.807) is 4.90 Å². The van der Waals surface area contributed by atoms with E-state index in [-0.39, 0.29) is 12.1 Å². The Labute approximate surface area is 209 Å². The van der Waals surface area contributed by atoms with Crippen molar-refractivity contribution in [2.45, 2.75) is 45.3 Å². The molecule has 0 bridgehead atoms. The van der Waals surface area contributed by atoms with Crippen LogP contribution < -0.4 is 10.5 Å². The zero-order valence-corrected chi connectivity index (χ0v) is 20.7. The monoisotopic (exact) mass is 486 g/mol. The van der Waals surface area contributed by atoms with Crippen LogP contribution in [0.1, 0.15) is 39.7 Å². The number of anilines is 1. The summed E-state index contributed by atoms with van der Waals surface area (Å²) in [6.07, 6.45) is 2.66. The fraction of sp³-hybridized carbons (Fsp3) is 0.333. The fourth-order valence-electron chi connectivity index (χ4n) is 4.38. The number of rotatable bonds is 4. The summed E-state index contributed by atoms with van der Waals surface area (Å²) in [6.45, 7) is 6.79. The number of nitrogen functional groups attached to an aromatic ring is 1. The lowest BCUT2D eigenvalue weighted by Crippen LogP contribution is -2.42. The Morgan fingerprint density at radius 1 is 0.972 bits per heavy atom. The summed E-state index contributed by atoms with van der Waals surface area (Å²) in [4.78, 5) is 23.0. The van der Waals surface area contributed by atoms with E-state index in [1.165, 1.54) is 6.33 Å². The minimum Gasteiger partial charge on any atom is -0.457 e. The number of amides is 1. The highest BCUT2D eigenvalue weighted by atomic mass is 16.6. The molecule has 0 radical (unpaired) electrons. The number of hydrogen-bond acceptors (Lipinski definition) is 7. The number of carbonyl (C=O) groups is 1. The van der Waals surface area contributed by atoms with Gasteiger partial charge in [-0.05, 0) is 70.0 Å². The van der Waals surface area contributed by atoms with Crippen molar-refractivity contribution in [3.63, 3.8) is 0 Å². The molecule has 186 valence electrons. The first-order chi connectivity index (χ1) is 17.3. The first-order valence-electron chi connectivity index (χ1n) is 12.1. The van der Waals surface area contributed by atoms with Crippen LogP contribution in [0.3, 0.4) is 0 Å². The van der Waals surface area contributed by atoms with Crippen LogP contribution in [0.2, 0.25) is 0 Å². The molecular weight excluding hydrogens is 456 g/mol. The molecular formula is C27H30N6O3. The molecule has 0 atom stereocenters. The summed E-state index contributed by atoms with van der Waals surface area (Å²) < 4.78 is 13.4. The Hall–Kier alpha value is -4.14. The normalized spacial score (nSPS) is 14.7. The van der Waals surface area contributed by atoms with E-state index in [9.17, 15) is 4.79 Å². The number of likely N-dealkylation sites (tertiary alicyclic amines) is 1. The van der Waals surface area contributed by atoms with E-state index in [4.69, 9.17) is 20.3 Å². The second kappa shape index (κ2) is 9.49. The first kappa shape index (κ1) is 23.6. The summed E-state index contributed by atoms with van der Waals surface area (Å²) in [5.74, 6) is 1.89. The standard InChI is InChI=1S/C27H30N6O3/c1-27(2,3)36-26(34)32-15-13-19(14-16-32)33-25-22(24(28)29-17-30-25)23(31-33)18-9-11-21(12-10-18)35-20-7-5-4-6-8-20/h4-12,17,19H,13-16H2,1-3H3,(H2,28,29,30). The van der Waals surface area contributed by atoms with Gasteiger partial charge in [0.1, 0.15) is 34.9 Å². The fourth-order valence-corrected chi connectivity index (χ4v) is 4.38. The van der Waals surface area contributed by atoms with E-state index in [0.29, 0.717) is 24.6 Å². The van der Waals surface area contributed by atoms with Gasteiger partial charge in [0, 0.05) is 18.7 Å². The zero-order valence-electron chi connectivity index (χ0n) is 20.7. The molecule has 2 aromatic carbocycles. The molecule has 4 aromatic rings. The number of benzene rings is 2. The molecule has 0 aliphatic carbocycles. The predicted octanol–water partition coefficient (Wildman–Crippen LogP) is 5.44. The average molecular weight is 487 g/mol. The van der Waals surface area contributed by atoms with Gasteiger partial charge in [0.15, 0.2) is 5.65 Å². The van der Waals surface area contributed by atoms with Crippen molar-refractivity contribution in [1.29, 1.82) is 0 Å². The van der Waals surface area contributed by atoms with E-state index in [2.05, 4.69) is 9.97 Å². The zero-order chi connectivity index (χ0) is 25.3. The summed E-state index contributed by atoms with van der Waals surface area (Å²) in [5, 5.41) is 5.67. The number of piperidine rings is 1. The Kier molecular flexibility index (Phi) is 6.22. The van der Waals surface area contributed by atoms with Gasteiger partial charge in [0.2, 0.25) is 0 Å². The molecule has 36 heavy (non-hydrogen) atoms. The Balaban J connectivity index is 1.39. The molecule has 1 aliphatic heterocycles. The summed E-state index contributed by atoms with van der Waals surface area (Å²) >= 11 is 0. The number of nitrogens with two attached hydrogens (primary N) is 1. The van der Waals surface area contributed by atoms with Crippen molar-refractivity contribution >= 4 is 22.9 Å². The maximum Gasteiger partial charge on any atom is 0.410 e. The van der Waals surface area contributed by atoms with Crippen molar-refractivity contribution in [3.05, 3.63) is 60.9 Å². The second-order valence-electron chi connectivity index (χ2n) is 9.89. The Morgan fingerprint density at radius 3 is 2.31 bits per heavy atom. The maximum atomic E-state index is 12.5. The van der Waals surface area contributed by atoms with E-state index in [0.717, 1.165) is 41.0 Å². The lowest BCUT2D eigenvalue weighted by Gasteiger charge is -2.33. The lowest BCUT2D eigenvalue weighted by atomic mass is 10.1. The minimum absolute atomic E-state index is 0.0786. The van der Waals surface area contributed by atoms with Crippen molar-refractivity contribution in [2.24, 2.45) is 0 Å². The largest absolute Gasteiger partial charge is 0.457 e. The summed E-state index contributed by atoms with van der Waals surface area (Å²) in [7, 11) is 0. The van der Waals surface area contributed by atoms with Crippen LogP contribution in [0.25, 0.3) is 22.3 Å². The third-order valence-electron chi connectivity index (χ3n) is 6.09. The summed E-state index contributed by atoms with van der Waals surface area (Å²) in [6, 6.07) is 17.5. The van der Waals surface area contributed by atoms with Gasteiger partial charge in [0.25, 0.3) is 0 Å². The van der Waals surface area contributed by atoms with Gasteiger partial charge in [-0.3, -0.25) is 0 Å². The molecule has 3 heterocycles. The molecule has 0 unspecified atom stereocenters. The number of para-hydroxylation sites is 1. The molecule has 9 nitrogen and oxygen atoms in total. The van der Waals surface area contributed by atoms with Gasteiger partial charge in [-0.25, -0.2) is 19.4 Å². The van der Waals surface area contributed by atoms with Crippen LogP contribution in [0.4, 0.5) is 10.6 Å². The molecule has 0 spiro atoms. The van der Waals surface area contributed by atoms with Gasteiger partial charge in [0.05, 0.1) is 11.4 Å². The SMILES string of the molecule is CC(C)(C)OC(=O)N1CCC(n2nc(-c3ccc(Oc4ccccc4)cc3)c3c(N)ncnc32)CC1. The molecule has 2 aromatic heterocycles. The number of aromatic nitrogens is 4. The molecule has 0 saturated carbocycles. The highest BCUT2D eigenvalue weighted by Crippen LogP contribution is 2.35. The smallest absolute Gasteiger partial charge is 0.410 e. The van der Waals surface area contributed by atoms with Crippen LogP contribution in [-0.2, 0) is 4.74 Å². The quantitative estimate of drug-likeness (QED) is 0.409. The van der Waals surface area contributed by atoms with Crippen molar-refractivity contribution < 1.29 is 14.3 Å². The van der Waals surface area contributed by atoms with Crippen LogP contribution >= 0.6 is 0 Å². The minimum atomic E-state index is -0.517. The average Bonchev–Trinajstić information content (AvgIpc) is 3.25. The van der Waals surface area contributed by atoms with E-state index >= 15 is 0 Å². The van der Waals surface area contributed by atoms with Crippen molar-refractivity contribution in [1.82, 2.24) is 24.6 Å². The van der Waals surface area contributed by atoms with Gasteiger partial charge in [-0.2, -0.15) is 5.10 Å².